The van der Waals surface area contributed by atoms with Gasteiger partial charge in [0.25, 0.3) is 0 Å². The summed E-state index contributed by atoms with van der Waals surface area (Å²) in [5, 5.41) is 2.44. The molecule has 0 unspecified atom stereocenters. The van der Waals surface area contributed by atoms with Crippen molar-refractivity contribution >= 4 is 18.1 Å². The molecule has 1 aliphatic rings. The lowest BCUT2D eigenvalue weighted by Gasteiger charge is -2.32. The van der Waals surface area contributed by atoms with Gasteiger partial charge >= 0.3 is 12.2 Å². The normalized spacial score (nSPS) is 15.8. The maximum absolute atomic E-state index is 12.6. The Morgan fingerprint density at radius 3 is 2.43 bits per heavy atom. The van der Waals surface area contributed by atoms with Gasteiger partial charge in [-0.05, 0) is 18.2 Å². The van der Waals surface area contributed by atoms with Gasteiger partial charge in [0.15, 0.2) is 0 Å². The van der Waals surface area contributed by atoms with E-state index in [1.165, 1.54) is 21.9 Å². The molecule has 1 aromatic carbocycles. The summed E-state index contributed by atoms with van der Waals surface area (Å²) < 4.78 is 37.7. The fourth-order valence-electron chi connectivity index (χ4n) is 2.01. The van der Waals surface area contributed by atoms with Crippen LogP contribution in [-0.2, 0) is 11.0 Å². The van der Waals surface area contributed by atoms with E-state index in [-0.39, 0.29) is 5.69 Å². The molecule has 3 amide bonds. The number of carbonyl (C=O) groups is 2. The average Bonchev–Trinajstić information content (AvgIpc) is 2.47. The summed E-state index contributed by atoms with van der Waals surface area (Å²) in [4.78, 5) is 25.5. The van der Waals surface area contributed by atoms with Gasteiger partial charge in [-0.2, -0.15) is 13.2 Å². The van der Waals surface area contributed by atoms with E-state index in [0.29, 0.717) is 32.6 Å². The first-order valence-corrected chi connectivity index (χ1v) is 6.32. The number of rotatable bonds is 2. The van der Waals surface area contributed by atoms with E-state index in [0.717, 1.165) is 12.1 Å². The monoisotopic (exact) mass is 301 g/mol. The number of carbonyl (C=O) groups excluding carboxylic acids is 2. The predicted octanol–water partition coefficient (Wildman–Crippen LogP) is 2.01. The van der Waals surface area contributed by atoms with Gasteiger partial charge in [-0.15, -0.1) is 0 Å². The second kappa shape index (κ2) is 6.02. The molecular weight excluding hydrogens is 287 g/mol. The summed E-state index contributed by atoms with van der Waals surface area (Å²) in [6.45, 7) is 1.53. The zero-order chi connectivity index (χ0) is 15.5. The minimum absolute atomic E-state index is 0.0904. The standard InChI is InChI=1S/C13H14F3N3O2/c14-13(15,16)10-2-1-3-11(8-10)17-12(21)19-6-4-18(9-20)5-7-19/h1-3,8-9H,4-7H2,(H,17,21). The number of hydrogen-bond acceptors (Lipinski definition) is 2. The van der Waals surface area contributed by atoms with Gasteiger partial charge in [0.1, 0.15) is 0 Å². The van der Waals surface area contributed by atoms with Crippen LogP contribution in [0.1, 0.15) is 5.56 Å². The van der Waals surface area contributed by atoms with Crippen molar-refractivity contribution in [3.8, 4) is 0 Å². The van der Waals surface area contributed by atoms with Gasteiger partial charge in [-0.3, -0.25) is 4.79 Å². The molecule has 1 N–H and O–H groups in total. The van der Waals surface area contributed by atoms with Crippen LogP contribution in [0.5, 0.6) is 0 Å². The lowest BCUT2D eigenvalue weighted by atomic mass is 10.2. The first kappa shape index (κ1) is 15.1. The second-order valence-electron chi connectivity index (χ2n) is 4.64. The van der Waals surface area contributed by atoms with E-state index < -0.39 is 17.8 Å². The van der Waals surface area contributed by atoms with Crippen LogP contribution in [0.15, 0.2) is 24.3 Å². The SMILES string of the molecule is O=CN1CCN(C(=O)Nc2cccc(C(F)(F)F)c2)CC1. The Hall–Kier alpha value is -2.25. The molecule has 114 valence electrons. The lowest BCUT2D eigenvalue weighted by molar-refractivity contribution is -0.137. The van der Waals surface area contributed by atoms with Crippen molar-refractivity contribution in [1.82, 2.24) is 9.80 Å². The largest absolute Gasteiger partial charge is 0.416 e. The summed E-state index contributed by atoms with van der Waals surface area (Å²) >= 11 is 0. The second-order valence-corrected chi connectivity index (χ2v) is 4.64. The molecule has 1 aromatic rings. The average molecular weight is 301 g/mol. The van der Waals surface area contributed by atoms with Crippen molar-refractivity contribution in [2.45, 2.75) is 6.18 Å². The Bertz CT molecular complexity index is 526. The van der Waals surface area contributed by atoms with Crippen LogP contribution >= 0.6 is 0 Å². The molecule has 1 heterocycles. The van der Waals surface area contributed by atoms with Crippen molar-refractivity contribution in [3.05, 3.63) is 29.8 Å². The van der Waals surface area contributed by atoms with Crippen molar-refractivity contribution in [3.63, 3.8) is 0 Å². The minimum atomic E-state index is -4.45. The molecular formula is C13H14F3N3O2. The van der Waals surface area contributed by atoms with E-state index in [4.69, 9.17) is 0 Å². The van der Waals surface area contributed by atoms with Gasteiger partial charge in [-0.25, -0.2) is 4.79 Å². The third kappa shape index (κ3) is 3.87. The van der Waals surface area contributed by atoms with Gasteiger partial charge in [0, 0.05) is 31.9 Å². The Morgan fingerprint density at radius 1 is 1.19 bits per heavy atom. The molecule has 21 heavy (non-hydrogen) atoms. The van der Waals surface area contributed by atoms with Gasteiger partial charge in [-0.1, -0.05) is 6.07 Å². The molecule has 1 fully saturated rings. The molecule has 0 radical (unpaired) electrons. The van der Waals surface area contributed by atoms with Crippen molar-refractivity contribution in [1.29, 1.82) is 0 Å². The zero-order valence-electron chi connectivity index (χ0n) is 11.1. The zero-order valence-corrected chi connectivity index (χ0v) is 11.1. The quantitative estimate of drug-likeness (QED) is 0.850. The molecule has 0 aliphatic carbocycles. The number of nitrogens with zero attached hydrogens (tertiary/aromatic N) is 2. The Kier molecular flexibility index (Phi) is 4.35. The number of hydrogen-bond donors (Lipinski definition) is 1. The van der Waals surface area contributed by atoms with Crippen LogP contribution < -0.4 is 5.32 Å². The molecule has 0 saturated carbocycles. The third-order valence-corrected chi connectivity index (χ3v) is 3.19. The van der Waals surface area contributed by atoms with Crippen LogP contribution in [0.25, 0.3) is 0 Å². The molecule has 0 atom stereocenters. The summed E-state index contributed by atoms with van der Waals surface area (Å²) in [6.07, 6.45) is -3.74. The number of halogens is 3. The van der Waals surface area contributed by atoms with Crippen LogP contribution in [0.4, 0.5) is 23.7 Å². The molecule has 1 saturated heterocycles. The summed E-state index contributed by atoms with van der Waals surface area (Å²) in [5.74, 6) is 0. The van der Waals surface area contributed by atoms with Gasteiger partial charge in [0.2, 0.25) is 6.41 Å². The van der Waals surface area contributed by atoms with E-state index in [1.54, 1.807) is 0 Å². The van der Waals surface area contributed by atoms with Crippen molar-refractivity contribution in [2.75, 3.05) is 31.5 Å². The van der Waals surface area contributed by atoms with Gasteiger partial charge < -0.3 is 15.1 Å². The number of anilines is 1. The third-order valence-electron chi connectivity index (χ3n) is 3.19. The summed E-state index contributed by atoms with van der Waals surface area (Å²) in [6, 6.07) is 4.00. The Morgan fingerprint density at radius 2 is 1.86 bits per heavy atom. The van der Waals surface area contributed by atoms with E-state index >= 15 is 0 Å². The number of amides is 3. The summed E-state index contributed by atoms with van der Waals surface area (Å²) in [7, 11) is 0. The Balaban J connectivity index is 1.99. The maximum Gasteiger partial charge on any atom is 0.416 e. The van der Waals surface area contributed by atoms with Crippen LogP contribution in [-0.4, -0.2) is 48.4 Å². The highest BCUT2D eigenvalue weighted by molar-refractivity contribution is 5.89. The highest BCUT2D eigenvalue weighted by Gasteiger charge is 2.30. The molecule has 0 aromatic heterocycles. The molecule has 0 spiro atoms. The molecule has 8 heteroatoms. The van der Waals surface area contributed by atoms with Gasteiger partial charge in [0.05, 0.1) is 5.56 Å². The fraction of sp³-hybridized carbons (Fsp3) is 0.385. The number of nitrogens with one attached hydrogen (secondary N) is 1. The van der Waals surface area contributed by atoms with Crippen LogP contribution in [0, 0.1) is 0 Å². The van der Waals surface area contributed by atoms with Crippen LogP contribution in [0.2, 0.25) is 0 Å². The molecule has 5 nitrogen and oxygen atoms in total. The number of alkyl halides is 3. The number of benzene rings is 1. The van der Waals surface area contributed by atoms with Crippen molar-refractivity contribution in [2.24, 2.45) is 0 Å². The predicted molar refractivity (Wildman–Crippen MR) is 69.7 cm³/mol. The smallest absolute Gasteiger partial charge is 0.342 e. The maximum atomic E-state index is 12.6. The van der Waals surface area contributed by atoms with Crippen LogP contribution in [0.3, 0.4) is 0 Å². The van der Waals surface area contributed by atoms with E-state index in [9.17, 15) is 22.8 Å². The first-order chi connectivity index (χ1) is 9.90. The lowest BCUT2D eigenvalue weighted by Crippen LogP contribution is -2.49. The molecule has 1 aliphatic heterocycles. The highest BCUT2D eigenvalue weighted by atomic mass is 19.4. The van der Waals surface area contributed by atoms with E-state index in [1.807, 2.05) is 0 Å². The topological polar surface area (TPSA) is 52.7 Å². The number of urea groups is 1. The van der Waals surface area contributed by atoms with Crippen molar-refractivity contribution < 1.29 is 22.8 Å². The molecule has 0 bridgehead atoms. The first-order valence-electron chi connectivity index (χ1n) is 6.32. The number of piperazine rings is 1. The fourth-order valence-corrected chi connectivity index (χ4v) is 2.01. The Labute approximate surface area is 119 Å². The summed E-state index contributed by atoms with van der Waals surface area (Å²) in [5.41, 5.74) is -0.723. The molecule has 2 rings (SSSR count). The minimum Gasteiger partial charge on any atom is -0.342 e. The highest BCUT2D eigenvalue weighted by Crippen LogP contribution is 2.30. The van der Waals surface area contributed by atoms with E-state index in [2.05, 4.69) is 5.32 Å².